The van der Waals surface area contributed by atoms with Crippen molar-refractivity contribution in [3.05, 3.63) is 11.5 Å². The number of sulfonamides is 1. The molecular formula is C15H25N3O4S. The van der Waals surface area contributed by atoms with E-state index in [0.717, 1.165) is 25.7 Å². The van der Waals surface area contributed by atoms with E-state index in [0.29, 0.717) is 0 Å². The van der Waals surface area contributed by atoms with E-state index in [2.05, 4.69) is 15.2 Å². The quantitative estimate of drug-likeness (QED) is 0.794. The van der Waals surface area contributed by atoms with Crippen molar-refractivity contribution in [2.24, 2.45) is 0 Å². The van der Waals surface area contributed by atoms with Crippen LogP contribution in [-0.2, 0) is 14.8 Å². The van der Waals surface area contributed by atoms with Crippen molar-refractivity contribution in [1.82, 2.24) is 15.2 Å². The van der Waals surface area contributed by atoms with Crippen LogP contribution in [-0.4, -0.2) is 31.6 Å². The first-order chi connectivity index (χ1) is 10.8. The SMILES string of the molecule is Cc1noc(C)c1S(=O)(=O)N[C@@H](C)C(=O)NC1CCCCCC1. The standard InChI is InChI=1S/C15H25N3O4S/c1-10-14(12(3)22-17-10)23(20,21)18-11(2)15(19)16-13-8-6-4-5-7-9-13/h11,13,18H,4-9H2,1-3H3,(H,16,19)/t11-/m0/s1. The van der Waals surface area contributed by atoms with Gasteiger partial charge in [0.25, 0.3) is 0 Å². The van der Waals surface area contributed by atoms with Crippen molar-refractivity contribution in [2.75, 3.05) is 0 Å². The van der Waals surface area contributed by atoms with Gasteiger partial charge in [-0.15, -0.1) is 0 Å². The molecule has 1 aromatic heterocycles. The lowest BCUT2D eigenvalue weighted by atomic mass is 10.1. The van der Waals surface area contributed by atoms with Crippen LogP contribution < -0.4 is 10.0 Å². The van der Waals surface area contributed by atoms with Gasteiger partial charge in [-0.3, -0.25) is 4.79 Å². The van der Waals surface area contributed by atoms with E-state index in [1.54, 1.807) is 13.8 Å². The molecule has 8 heteroatoms. The largest absolute Gasteiger partial charge is 0.360 e. The molecule has 1 aromatic rings. The zero-order valence-corrected chi connectivity index (χ0v) is 14.7. The van der Waals surface area contributed by atoms with Crippen LogP contribution >= 0.6 is 0 Å². The summed E-state index contributed by atoms with van der Waals surface area (Å²) < 4.78 is 32.1. The summed E-state index contributed by atoms with van der Waals surface area (Å²) in [5.41, 5.74) is 0.284. The second-order valence-corrected chi connectivity index (χ2v) is 7.84. The molecule has 1 atom stereocenters. The Morgan fingerprint density at radius 3 is 2.35 bits per heavy atom. The van der Waals surface area contributed by atoms with E-state index in [9.17, 15) is 13.2 Å². The van der Waals surface area contributed by atoms with Gasteiger partial charge >= 0.3 is 0 Å². The fraction of sp³-hybridized carbons (Fsp3) is 0.733. The number of nitrogens with zero attached hydrogens (tertiary/aromatic N) is 1. The summed E-state index contributed by atoms with van der Waals surface area (Å²) in [6.07, 6.45) is 6.50. The average molecular weight is 343 g/mol. The fourth-order valence-electron chi connectivity index (χ4n) is 2.95. The minimum atomic E-state index is -3.84. The number of carbonyl (C=O) groups excluding carboxylic acids is 1. The minimum absolute atomic E-state index is 0.00613. The molecule has 0 bridgehead atoms. The van der Waals surface area contributed by atoms with Crippen LogP contribution in [0.1, 0.15) is 56.9 Å². The summed E-state index contributed by atoms with van der Waals surface area (Å²) in [7, 11) is -3.84. The first-order valence-corrected chi connectivity index (χ1v) is 9.55. The van der Waals surface area contributed by atoms with Gasteiger partial charge in [0.05, 0.1) is 6.04 Å². The van der Waals surface area contributed by atoms with Crippen molar-refractivity contribution in [2.45, 2.75) is 76.3 Å². The molecule has 2 rings (SSSR count). The minimum Gasteiger partial charge on any atom is -0.360 e. The monoisotopic (exact) mass is 343 g/mol. The molecule has 1 saturated carbocycles. The van der Waals surface area contributed by atoms with Crippen molar-refractivity contribution >= 4 is 15.9 Å². The van der Waals surface area contributed by atoms with E-state index in [1.807, 2.05) is 0 Å². The number of aromatic nitrogens is 1. The molecule has 0 radical (unpaired) electrons. The molecule has 0 spiro atoms. The molecule has 0 unspecified atom stereocenters. The van der Waals surface area contributed by atoms with Crippen LogP contribution in [0.2, 0.25) is 0 Å². The van der Waals surface area contributed by atoms with Crippen molar-refractivity contribution in [3.63, 3.8) is 0 Å². The average Bonchev–Trinajstić information content (AvgIpc) is 2.66. The third kappa shape index (κ3) is 4.54. The zero-order chi connectivity index (χ0) is 17.0. The van der Waals surface area contributed by atoms with E-state index in [-0.39, 0.29) is 28.3 Å². The molecule has 2 N–H and O–H groups in total. The third-order valence-corrected chi connectivity index (χ3v) is 5.95. The highest BCUT2D eigenvalue weighted by molar-refractivity contribution is 7.89. The molecule has 1 amide bonds. The first kappa shape index (κ1) is 17.9. The Bertz CT molecular complexity index is 626. The van der Waals surface area contributed by atoms with Crippen LogP contribution in [0.5, 0.6) is 0 Å². The molecule has 23 heavy (non-hydrogen) atoms. The summed E-state index contributed by atoms with van der Waals surface area (Å²) in [4.78, 5) is 12.3. The topological polar surface area (TPSA) is 101 Å². The van der Waals surface area contributed by atoms with Gasteiger partial charge in [-0.25, -0.2) is 8.42 Å². The Morgan fingerprint density at radius 2 is 1.83 bits per heavy atom. The molecule has 1 aliphatic carbocycles. The molecule has 130 valence electrons. The lowest BCUT2D eigenvalue weighted by molar-refractivity contribution is -0.123. The van der Waals surface area contributed by atoms with Gasteiger partial charge in [-0.2, -0.15) is 4.72 Å². The van der Waals surface area contributed by atoms with Gasteiger partial charge in [0.1, 0.15) is 10.6 Å². The Labute approximate surface area is 137 Å². The molecule has 1 heterocycles. The van der Waals surface area contributed by atoms with Crippen LogP contribution in [0.25, 0.3) is 0 Å². The summed E-state index contributed by atoms with van der Waals surface area (Å²) >= 11 is 0. The Morgan fingerprint density at radius 1 is 1.22 bits per heavy atom. The Balaban J connectivity index is 2.00. The summed E-state index contributed by atoms with van der Waals surface area (Å²) in [6, 6.07) is -0.715. The van der Waals surface area contributed by atoms with Crippen LogP contribution in [0.3, 0.4) is 0 Å². The number of hydrogen-bond acceptors (Lipinski definition) is 5. The maximum atomic E-state index is 12.4. The van der Waals surface area contributed by atoms with Gasteiger partial charge in [0.15, 0.2) is 5.76 Å². The highest BCUT2D eigenvalue weighted by Crippen LogP contribution is 2.19. The van der Waals surface area contributed by atoms with E-state index in [1.165, 1.54) is 19.8 Å². The van der Waals surface area contributed by atoms with Gasteiger partial charge in [-0.05, 0) is 33.6 Å². The second-order valence-electron chi connectivity index (χ2n) is 6.19. The molecule has 1 fully saturated rings. The highest BCUT2D eigenvalue weighted by atomic mass is 32.2. The predicted molar refractivity (Wildman–Crippen MR) is 85.4 cm³/mol. The van der Waals surface area contributed by atoms with E-state index < -0.39 is 16.1 Å². The molecular weight excluding hydrogens is 318 g/mol. The van der Waals surface area contributed by atoms with Crippen molar-refractivity contribution in [3.8, 4) is 0 Å². The number of amides is 1. The maximum absolute atomic E-state index is 12.4. The molecule has 0 aromatic carbocycles. The van der Waals surface area contributed by atoms with Gasteiger partial charge in [0.2, 0.25) is 15.9 Å². The smallest absolute Gasteiger partial charge is 0.246 e. The summed E-state index contributed by atoms with van der Waals surface area (Å²) in [5, 5.41) is 6.59. The highest BCUT2D eigenvalue weighted by Gasteiger charge is 2.28. The van der Waals surface area contributed by atoms with Crippen molar-refractivity contribution in [1.29, 1.82) is 0 Å². The Kier molecular flexibility index (Phi) is 5.80. The molecule has 7 nitrogen and oxygen atoms in total. The normalized spacial score (nSPS) is 18.4. The molecule has 1 aliphatic rings. The lowest BCUT2D eigenvalue weighted by Gasteiger charge is -2.20. The van der Waals surface area contributed by atoms with Crippen molar-refractivity contribution < 1.29 is 17.7 Å². The Hall–Kier alpha value is -1.41. The number of nitrogens with one attached hydrogen (secondary N) is 2. The number of rotatable bonds is 5. The van der Waals surface area contributed by atoms with E-state index >= 15 is 0 Å². The second kappa shape index (κ2) is 7.44. The van der Waals surface area contributed by atoms with Gasteiger partial charge in [0, 0.05) is 6.04 Å². The van der Waals surface area contributed by atoms with E-state index in [4.69, 9.17) is 4.52 Å². The lowest BCUT2D eigenvalue weighted by Crippen LogP contribution is -2.48. The van der Waals surface area contributed by atoms with Crippen LogP contribution in [0.15, 0.2) is 9.42 Å². The number of hydrogen-bond donors (Lipinski definition) is 2. The van der Waals surface area contributed by atoms with Gasteiger partial charge in [-0.1, -0.05) is 30.8 Å². The summed E-state index contributed by atoms with van der Waals surface area (Å²) in [5.74, 6) is -0.0846. The van der Waals surface area contributed by atoms with Crippen LogP contribution in [0.4, 0.5) is 0 Å². The first-order valence-electron chi connectivity index (χ1n) is 8.07. The number of carbonyl (C=O) groups is 1. The van der Waals surface area contributed by atoms with Gasteiger partial charge < -0.3 is 9.84 Å². The maximum Gasteiger partial charge on any atom is 0.246 e. The predicted octanol–water partition coefficient (Wildman–Crippen LogP) is 1.80. The molecule has 0 aliphatic heterocycles. The number of aryl methyl sites for hydroxylation is 2. The third-order valence-electron chi connectivity index (χ3n) is 4.16. The summed E-state index contributed by atoms with van der Waals surface area (Å²) in [6.45, 7) is 4.63. The molecule has 0 saturated heterocycles. The van der Waals surface area contributed by atoms with Crippen LogP contribution in [0, 0.1) is 13.8 Å². The zero-order valence-electron chi connectivity index (χ0n) is 13.9. The fourth-order valence-corrected chi connectivity index (χ4v) is 4.49.